The molecule has 1 rings (SSSR count). The number of hydrogen-bond donors (Lipinski definition) is 1. The summed E-state index contributed by atoms with van der Waals surface area (Å²) in [6.07, 6.45) is 3.71. The van der Waals surface area contributed by atoms with Crippen molar-refractivity contribution in [2.45, 2.75) is 67.7 Å². The molecule has 4 nitrogen and oxygen atoms in total. The first-order valence-electron chi connectivity index (χ1n) is 11.5. The number of hydrogen-bond acceptors (Lipinski definition) is 4. The van der Waals surface area contributed by atoms with Crippen LogP contribution in [0.3, 0.4) is 0 Å². The second-order valence-electron chi connectivity index (χ2n) is 11.6. The van der Waals surface area contributed by atoms with Crippen molar-refractivity contribution in [1.29, 1.82) is 0 Å². The average molecular weight is 465 g/mol. The Morgan fingerprint density at radius 2 is 1.41 bits per heavy atom. The van der Waals surface area contributed by atoms with Crippen LogP contribution in [-0.4, -0.2) is 66.4 Å². The van der Waals surface area contributed by atoms with Crippen LogP contribution in [0.2, 0.25) is 0 Å². The zero-order chi connectivity index (χ0) is 22.3. The summed E-state index contributed by atoms with van der Waals surface area (Å²) in [5.41, 5.74) is 0.968. The molecule has 0 aromatic rings. The maximum absolute atomic E-state index is 3.77. The summed E-state index contributed by atoms with van der Waals surface area (Å²) in [5.74, 6) is 0.692. The van der Waals surface area contributed by atoms with Crippen molar-refractivity contribution >= 4 is 28.2 Å². The normalized spacial score (nSPS) is 33.1. The molecule has 7 heteroatoms. The third-order valence-electron chi connectivity index (χ3n) is 6.27. The van der Waals surface area contributed by atoms with Gasteiger partial charge in [0.15, 0.2) is 0 Å². The van der Waals surface area contributed by atoms with Crippen LogP contribution in [0.1, 0.15) is 67.7 Å². The Balaban J connectivity index is 2.85. The topological polar surface area (TPSA) is 21.8 Å². The molecule has 174 valence electrons. The largest absolute Gasteiger partial charge is 0.315 e. The Kier molecular flexibility index (Phi) is 12.0. The Bertz CT molecular complexity index is 475. The molecule has 0 bridgehead atoms. The highest BCUT2D eigenvalue weighted by Gasteiger charge is 2.32. The molecule has 0 radical (unpaired) electrons. The second-order valence-corrected chi connectivity index (χ2v) is 13.8. The summed E-state index contributed by atoms with van der Waals surface area (Å²) in [4.78, 5) is 0. The van der Waals surface area contributed by atoms with E-state index in [-0.39, 0.29) is 0 Å². The molecule has 1 aliphatic heterocycles. The van der Waals surface area contributed by atoms with E-state index in [1.54, 1.807) is 0 Å². The van der Waals surface area contributed by atoms with Gasteiger partial charge in [0, 0.05) is 52.4 Å². The van der Waals surface area contributed by atoms with E-state index in [0.29, 0.717) is 22.2 Å². The molecule has 5 atom stereocenters. The van der Waals surface area contributed by atoms with E-state index in [4.69, 9.17) is 0 Å². The van der Waals surface area contributed by atoms with E-state index in [0.717, 1.165) is 52.4 Å². The van der Waals surface area contributed by atoms with Gasteiger partial charge in [-0.3, -0.25) is 14.0 Å². The first-order chi connectivity index (χ1) is 13.3. The monoisotopic (exact) mass is 464 g/mol. The minimum absolute atomic E-state index is 0.301. The maximum atomic E-state index is 3.77. The number of nitrogens with zero attached hydrogens (tertiary/aromatic N) is 3. The van der Waals surface area contributed by atoms with Gasteiger partial charge in [0.1, 0.15) is 0 Å². The predicted molar refractivity (Wildman–Crippen MR) is 141 cm³/mol. The van der Waals surface area contributed by atoms with E-state index >= 15 is 0 Å². The molecule has 0 aliphatic carbocycles. The Morgan fingerprint density at radius 1 is 0.862 bits per heavy atom. The fourth-order valence-electron chi connectivity index (χ4n) is 5.22. The van der Waals surface area contributed by atoms with Crippen LogP contribution in [0.5, 0.6) is 0 Å². The summed E-state index contributed by atoms with van der Waals surface area (Å²) in [6.45, 7) is 25.7. The highest BCUT2D eigenvalue weighted by molar-refractivity contribution is 7.13. The highest BCUT2D eigenvalue weighted by Crippen LogP contribution is 2.37. The van der Waals surface area contributed by atoms with Gasteiger partial charge in [-0.25, -0.2) is 0 Å². The van der Waals surface area contributed by atoms with E-state index in [1.165, 1.54) is 19.3 Å². The lowest BCUT2D eigenvalue weighted by Crippen LogP contribution is -2.42. The van der Waals surface area contributed by atoms with Crippen molar-refractivity contribution in [3.05, 3.63) is 0 Å². The third-order valence-corrected chi connectivity index (χ3v) is 7.62. The van der Waals surface area contributed by atoms with Gasteiger partial charge in [-0.05, 0) is 41.4 Å². The van der Waals surface area contributed by atoms with Crippen molar-refractivity contribution in [2.24, 2.45) is 22.2 Å². The molecular weight excluding hydrogens is 413 g/mol. The highest BCUT2D eigenvalue weighted by atomic mass is 31.0. The van der Waals surface area contributed by atoms with E-state index in [9.17, 15) is 0 Å². The molecule has 5 unspecified atom stereocenters. The van der Waals surface area contributed by atoms with Crippen LogP contribution in [0.25, 0.3) is 0 Å². The molecule has 1 aliphatic rings. The molecule has 0 aromatic carbocycles. The minimum atomic E-state index is 0.301. The fourth-order valence-corrected chi connectivity index (χ4v) is 6.92. The molecule has 1 N–H and O–H groups in total. The molecule has 0 saturated carbocycles. The number of rotatable bonds is 1. The molecule has 1 saturated heterocycles. The van der Waals surface area contributed by atoms with Gasteiger partial charge in [-0.1, -0.05) is 76.6 Å². The summed E-state index contributed by atoms with van der Waals surface area (Å²) in [7, 11) is 8.91. The van der Waals surface area contributed by atoms with Crippen molar-refractivity contribution in [2.75, 3.05) is 52.4 Å². The first kappa shape index (κ1) is 28.2. The molecule has 0 amide bonds. The molecule has 1 heterocycles. The lowest BCUT2D eigenvalue weighted by Gasteiger charge is -2.40. The van der Waals surface area contributed by atoms with Gasteiger partial charge in [0.2, 0.25) is 0 Å². The Hall–Kier alpha value is 1.13. The third kappa shape index (κ3) is 12.1. The second kappa shape index (κ2) is 12.4. The molecule has 0 aromatic heterocycles. The number of nitrogens with one attached hydrogen (secondary N) is 1. The minimum Gasteiger partial charge on any atom is -0.315 e. The quantitative estimate of drug-likeness (QED) is 0.566. The average Bonchev–Trinajstić information content (AvgIpc) is 2.54. The summed E-state index contributed by atoms with van der Waals surface area (Å²) in [5, 5.41) is 3.77. The summed E-state index contributed by atoms with van der Waals surface area (Å²) in [6, 6.07) is 0. The van der Waals surface area contributed by atoms with Gasteiger partial charge in [0.25, 0.3) is 0 Å². The smallest absolute Gasteiger partial charge is 0.0148 e. The van der Waals surface area contributed by atoms with Crippen LogP contribution < -0.4 is 5.32 Å². The van der Waals surface area contributed by atoms with Crippen molar-refractivity contribution in [3.63, 3.8) is 0 Å². The lowest BCUT2D eigenvalue weighted by molar-refractivity contribution is 0.138. The lowest BCUT2D eigenvalue weighted by atomic mass is 9.72. The first-order valence-corrected chi connectivity index (χ1v) is 13.0. The maximum Gasteiger partial charge on any atom is 0.0148 e. The van der Waals surface area contributed by atoms with Crippen molar-refractivity contribution < 1.29 is 0 Å². The molecule has 0 spiro atoms. The summed E-state index contributed by atoms with van der Waals surface area (Å²) < 4.78 is 7.32. The van der Waals surface area contributed by atoms with Crippen LogP contribution in [0.4, 0.5) is 0 Å². The van der Waals surface area contributed by atoms with Crippen molar-refractivity contribution in [3.8, 4) is 0 Å². The Morgan fingerprint density at radius 3 is 2.03 bits per heavy atom. The zero-order valence-electron chi connectivity index (χ0n) is 20.4. The van der Waals surface area contributed by atoms with Crippen LogP contribution >= 0.6 is 28.2 Å². The fraction of sp³-hybridized carbons (Fsp3) is 1.00. The van der Waals surface area contributed by atoms with Gasteiger partial charge >= 0.3 is 0 Å². The van der Waals surface area contributed by atoms with Crippen LogP contribution in [0, 0.1) is 22.2 Å². The summed E-state index contributed by atoms with van der Waals surface area (Å²) >= 11 is 0. The van der Waals surface area contributed by atoms with E-state index in [1.807, 2.05) is 0 Å². The van der Waals surface area contributed by atoms with Gasteiger partial charge in [-0.2, -0.15) is 0 Å². The molecular formula is C22H51N4P3. The SMILES string of the molecule is CCC1(C)CNCCN(P)CC(C)(C)CC(C)CN(P)CCN(P)CC(C)(C)C1. The standard InChI is InChI=1S/C22H51N4P3/c1-8-22(7)15-21(5,6)18-26(29)12-11-24(27)14-19(2)13-20(3,4)17-25(28)10-9-23-16-22/h19,23H,8-18,27-29H2,1-7H3. The molecule has 29 heavy (non-hydrogen) atoms. The van der Waals surface area contributed by atoms with Gasteiger partial charge in [0.05, 0.1) is 0 Å². The predicted octanol–water partition coefficient (Wildman–Crippen LogP) is 4.75. The van der Waals surface area contributed by atoms with Gasteiger partial charge < -0.3 is 5.32 Å². The molecule has 1 fully saturated rings. The van der Waals surface area contributed by atoms with Gasteiger partial charge in [-0.15, -0.1) is 0 Å². The van der Waals surface area contributed by atoms with Crippen LogP contribution in [0.15, 0.2) is 0 Å². The van der Waals surface area contributed by atoms with E-state index in [2.05, 4.69) is 96.0 Å². The Labute approximate surface area is 189 Å². The zero-order valence-corrected chi connectivity index (χ0v) is 23.9. The van der Waals surface area contributed by atoms with Crippen LogP contribution in [-0.2, 0) is 0 Å². The van der Waals surface area contributed by atoms with Crippen molar-refractivity contribution in [1.82, 2.24) is 19.3 Å². The van der Waals surface area contributed by atoms with E-state index < -0.39 is 0 Å².